The van der Waals surface area contributed by atoms with Gasteiger partial charge in [-0.2, -0.15) is 0 Å². The Kier molecular flexibility index (Phi) is 3.99. The van der Waals surface area contributed by atoms with E-state index in [2.05, 4.69) is 18.1 Å². The van der Waals surface area contributed by atoms with E-state index in [0.717, 1.165) is 11.1 Å². The Hall–Kier alpha value is -2.12. The number of carbonyl (C=O) groups is 1. The topological polar surface area (TPSA) is 41.6 Å². The van der Waals surface area contributed by atoms with Crippen molar-refractivity contribution in [1.29, 1.82) is 0 Å². The van der Waals surface area contributed by atoms with E-state index in [-0.39, 0.29) is 5.56 Å². The number of rotatable bonds is 3. The monoisotopic (exact) mass is 336 g/mol. The van der Waals surface area contributed by atoms with Crippen molar-refractivity contribution in [3.63, 3.8) is 0 Å². The average molecular weight is 336 g/mol. The van der Waals surface area contributed by atoms with E-state index in [1.54, 1.807) is 24.3 Å². The Morgan fingerprint density at radius 2 is 1.87 bits per heavy atom. The molecular weight excluding hydrogens is 322 g/mol. The van der Waals surface area contributed by atoms with Crippen molar-refractivity contribution in [1.82, 2.24) is 5.01 Å². The molecule has 1 heterocycles. The number of ether oxygens (including phenoxy) is 1. The summed E-state index contributed by atoms with van der Waals surface area (Å²) in [5.41, 5.74) is 0.729. The molecule has 23 heavy (non-hydrogen) atoms. The largest absolute Gasteiger partial charge is 0.326 e. The lowest BCUT2D eigenvalue weighted by Gasteiger charge is -2.22. The van der Waals surface area contributed by atoms with Gasteiger partial charge in [0.25, 0.3) is 5.91 Å². The van der Waals surface area contributed by atoms with Crippen LogP contribution in [0.2, 0.25) is 0 Å². The number of hydrogen-bond donors (Lipinski definition) is 2. The van der Waals surface area contributed by atoms with Crippen LogP contribution in [0.1, 0.15) is 12.5 Å². The fourth-order valence-corrected chi connectivity index (χ4v) is 2.83. The first-order valence-corrected chi connectivity index (χ1v) is 7.41. The molecule has 0 radical (unpaired) electrons. The third-order valence-electron chi connectivity index (χ3n) is 3.68. The number of carbonyl (C=O) groups excluding carboxylic acids is 1. The van der Waals surface area contributed by atoms with Crippen molar-refractivity contribution in [2.75, 3.05) is 5.43 Å². The molecule has 1 amide bonds. The second kappa shape index (κ2) is 5.82. The van der Waals surface area contributed by atoms with Crippen molar-refractivity contribution >= 4 is 24.2 Å². The van der Waals surface area contributed by atoms with E-state index in [0.29, 0.717) is 5.69 Å². The number of nitrogens with one attached hydrogen (secondary N) is 1. The zero-order chi connectivity index (χ0) is 16.6. The minimum atomic E-state index is -1.67. The van der Waals surface area contributed by atoms with Gasteiger partial charge >= 0.3 is 0 Å². The van der Waals surface area contributed by atoms with Gasteiger partial charge in [0.15, 0.2) is 22.8 Å². The molecule has 2 aromatic rings. The van der Waals surface area contributed by atoms with Crippen LogP contribution in [-0.4, -0.2) is 16.5 Å². The maximum absolute atomic E-state index is 14.1. The SMILES string of the molecule is CC1(c2cccc(F)c2F)OC(S)N(Nc2ccccc2)C1=O. The van der Waals surface area contributed by atoms with Crippen LogP contribution in [0.15, 0.2) is 48.5 Å². The molecule has 2 aromatic carbocycles. The number of nitrogens with zero attached hydrogens (tertiary/aromatic N) is 1. The highest BCUT2D eigenvalue weighted by atomic mass is 32.1. The number of anilines is 1. The van der Waals surface area contributed by atoms with Crippen LogP contribution in [0, 0.1) is 11.6 Å². The third-order valence-corrected chi connectivity index (χ3v) is 4.01. The first-order chi connectivity index (χ1) is 10.9. The summed E-state index contributed by atoms with van der Waals surface area (Å²) in [6.45, 7) is 1.39. The second-order valence-corrected chi connectivity index (χ2v) is 5.67. The molecule has 0 aliphatic carbocycles. The van der Waals surface area contributed by atoms with Crippen molar-refractivity contribution in [3.05, 3.63) is 65.7 Å². The molecule has 4 nitrogen and oxygen atoms in total. The Morgan fingerprint density at radius 3 is 2.57 bits per heavy atom. The molecule has 1 aliphatic heterocycles. The van der Waals surface area contributed by atoms with Crippen LogP contribution in [0.3, 0.4) is 0 Å². The van der Waals surface area contributed by atoms with Gasteiger partial charge in [0.05, 0.1) is 5.69 Å². The first kappa shape index (κ1) is 15.8. The molecule has 0 aromatic heterocycles. The molecule has 120 valence electrons. The average Bonchev–Trinajstić information content (AvgIpc) is 2.75. The zero-order valence-electron chi connectivity index (χ0n) is 12.2. The molecule has 2 unspecified atom stereocenters. The van der Waals surface area contributed by atoms with Crippen molar-refractivity contribution in [2.24, 2.45) is 0 Å². The normalized spacial score (nSPS) is 24.1. The predicted octanol–water partition coefficient (Wildman–Crippen LogP) is 3.28. The highest BCUT2D eigenvalue weighted by Gasteiger charge is 2.52. The van der Waals surface area contributed by atoms with Gasteiger partial charge in [-0.1, -0.05) is 30.3 Å². The maximum atomic E-state index is 14.1. The van der Waals surface area contributed by atoms with Gasteiger partial charge in [0.1, 0.15) is 0 Å². The first-order valence-electron chi connectivity index (χ1n) is 6.89. The zero-order valence-corrected chi connectivity index (χ0v) is 13.1. The van der Waals surface area contributed by atoms with Crippen molar-refractivity contribution in [3.8, 4) is 0 Å². The highest BCUT2D eigenvalue weighted by molar-refractivity contribution is 7.80. The fraction of sp³-hybridized carbons (Fsp3) is 0.188. The van der Waals surface area contributed by atoms with Crippen LogP contribution >= 0.6 is 12.6 Å². The number of para-hydroxylation sites is 1. The molecule has 1 aliphatic rings. The molecule has 3 rings (SSSR count). The van der Waals surface area contributed by atoms with Gasteiger partial charge in [-0.15, -0.1) is 12.6 Å². The standard InChI is InChI=1S/C16H14F2N2O2S/c1-16(11-8-5-9-12(17)13(11)18)14(21)20(15(23)22-16)19-10-6-3-2-4-7-10/h2-9,15,19,23H,1H3. The van der Waals surface area contributed by atoms with Crippen LogP contribution < -0.4 is 5.43 Å². The Morgan fingerprint density at radius 1 is 1.17 bits per heavy atom. The number of hydrazine groups is 1. The van der Waals surface area contributed by atoms with Crippen LogP contribution in [0.4, 0.5) is 14.5 Å². The van der Waals surface area contributed by atoms with E-state index >= 15 is 0 Å². The lowest BCUT2D eigenvalue weighted by atomic mass is 9.94. The van der Waals surface area contributed by atoms with E-state index in [1.165, 1.54) is 19.1 Å². The summed E-state index contributed by atoms with van der Waals surface area (Å²) in [6, 6.07) is 12.6. The fourth-order valence-electron chi connectivity index (χ4n) is 2.45. The van der Waals surface area contributed by atoms with E-state index in [1.807, 2.05) is 6.07 Å². The molecular formula is C16H14F2N2O2S. The number of halogens is 2. The van der Waals surface area contributed by atoms with Crippen LogP contribution in [0.5, 0.6) is 0 Å². The van der Waals surface area contributed by atoms with Gasteiger partial charge in [-0.3, -0.25) is 10.2 Å². The van der Waals surface area contributed by atoms with E-state index < -0.39 is 28.7 Å². The number of amides is 1. The number of hydrogen-bond acceptors (Lipinski definition) is 4. The summed E-state index contributed by atoms with van der Waals surface area (Å²) in [6.07, 6.45) is 0. The molecule has 0 bridgehead atoms. The molecule has 2 atom stereocenters. The molecule has 0 spiro atoms. The van der Waals surface area contributed by atoms with Gasteiger partial charge in [0, 0.05) is 5.56 Å². The summed E-state index contributed by atoms with van der Waals surface area (Å²) < 4.78 is 33.1. The Bertz CT molecular complexity index is 744. The molecule has 0 saturated carbocycles. The quantitative estimate of drug-likeness (QED) is 0.845. The van der Waals surface area contributed by atoms with Crippen molar-refractivity contribution < 1.29 is 18.3 Å². The van der Waals surface area contributed by atoms with Gasteiger partial charge in [-0.25, -0.2) is 13.8 Å². The van der Waals surface area contributed by atoms with Gasteiger partial charge < -0.3 is 4.74 Å². The van der Waals surface area contributed by atoms with Crippen LogP contribution in [-0.2, 0) is 15.1 Å². The summed E-state index contributed by atoms with van der Waals surface area (Å²) in [5.74, 6) is -2.71. The molecule has 7 heteroatoms. The summed E-state index contributed by atoms with van der Waals surface area (Å²) in [4.78, 5) is 12.7. The van der Waals surface area contributed by atoms with Crippen molar-refractivity contribution in [2.45, 2.75) is 18.1 Å². The maximum Gasteiger partial charge on any atom is 0.280 e. The molecule has 1 saturated heterocycles. The van der Waals surface area contributed by atoms with E-state index in [9.17, 15) is 13.6 Å². The third kappa shape index (κ3) is 2.66. The van der Waals surface area contributed by atoms with Gasteiger partial charge in [0.2, 0.25) is 0 Å². The predicted molar refractivity (Wildman–Crippen MR) is 84.5 cm³/mol. The minimum Gasteiger partial charge on any atom is -0.326 e. The second-order valence-electron chi connectivity index (χ2n) is 5.23. The smallest absolute Gasteiger partial charge is 0.280 e. The van der Waals surface area contributed by atoms with Crippen LogP contribution in [0.25, 0.3) is 0 Å². The Balaban J connectivity index is 1.94. The lowest BCUT2D eigenvalue weighted by molar-refractivity contribution is -0.136. The lowest BCUT2D eigenvalue weighted by Crippen LogP contribution is -2.40. The summed E-state index contributed by atoms with van der Waals surface area (Å²) in [5, 5.41) is 1.14. The number of benzene rings is 2. The Labute approximate surface area is 137 Å². The number of thiol groups is 1. The van der Waals surface area contributed by atoms with Gasteiger partial charge in [-0.05, 0) is 25.1 Å². The van der Waals surface area contributed by atoms with E-state index in [4.69, 9.17) is 4.74 Å². The minimum absolute atomic E-state index is 0.168. The summed E-state index contributed by atoms with van der Waals surface area (Å²) in [7, 11) is 0. The molecule has 1 N–H and O–H groups in total. The molecule has 1 fully saturated rings. The summed E-state index contributed by atoms with van der Waals surface area (Å²) >= 11 is 4.20. The highest BCUT2D eigenvalue weighted by Crippen LogP contribution is 2.39.